The summed E-state index contributed by atoms with van der Waals surface area (Å²) in [5.41, 5.74) is 1.02. The van der Waals surface area contributed by atoms with Crippen LogP contribution >= 0.6 is 81.9 Å². The molecule has 0 aliphatic carbocycles. The first-order valence-corrected chi connectivity index (χ1v) is 5.99. The van der Waals surface area contributed by atoms with Gasteiger partial charge in [-0.2, -0.15) is 0 Å². The summed E-state index contributed by atoms with van der Waals surface area (Å²) >= 11 is 3.91. The zero-order valence-corrected chi connectivity index (χ0v) is 15.9. The number of aromatic nitrogens is 2. The van der Waals surface area contributed by atoms with Crippen molar-refractivity contribution in [3.63, 3.8) is 0 Å². The number of fused-ring (bicyclic) bond motifs is 1. The van der Waals surface area contributed by atoms with Crippen molar-refractivity contribution in [2.75, 3.05) is 0 Å². The summed E-state index contributed by atoms with van der Waals surface area (Å²) in [5.74, 6) is 0.497. The Labute approximate surface area is 141 Å². The van der Waals surface area contributed by atoms with Gasteiger partial charge in [0.15, 0.2) is 0 Å². The van der Waals surface area contributed by atoms with E-state index in [2.05, 4.69) is 46.4 Å². The highest BCUT2D eigenvalue weighted by atomic mass is 127. The maximum Gasteiger partial charge on any atom is 0.144 e. The van der Waals surface area contributed by atoms with Gasteiger partial charge in [0.1, 0.15) is 14.0 Å². The summed E-state index contributed by atoms with van der Waals surface area (Å²) in [6.07, 6.45) is 0. The van der Waals surface area contributed by atoms with Crippen LogP contribution in [0.15, 0.2) is 12.1 Å². The Morgan fingerprint density at radius 3 is 2.47 bits per heavy atom. The number of pyridine rings is 1. The molecule has 2 nitrogen and oxygen atoms in total. The standard InChI is InChI=1S/C9H9IN2S.2HI/c1-5(2)8-11-6-3-4-7(10)12-9(6)13-8;;/h3-5H,1-2H3;2*1H. The SMILES string of the molecule is CC(C)c1nc2ccc(I)nc2s1.I.I. The number of hydrogen-bond acceptors (Lipinski definition) is 3. The maximum atomic E-state index is 4.51. The number of thiazole rings is 1. The van der Waals surface area contributed by atoms with Crippen molar-refractivity contribution in [3.8, 4) is 0 Å². The van der Waals surface area contributed by atoms with Crippen LogP contribution in [0.2, 0.25) is 0 Å². The van der Waals surface area contributed by atoms with Gasteiger partial charge in [0.25, 0.3) is 0 Å². The quantitative estimate of drug-likeness (QED) is 0.375. The minimum absolute atomic E-state index is 0. The lowest BCUT2D eigenvalue weighted by Crippen LogP contribution is -1.83. The lowest BCUT2D eigenvalue weighted by Gasteiger charge is -1.94. The zero-order chi connectivity index (χ0) is 9.42. The fraction of sp³-hybridized carbons (Fsp3) is 0.333. The Hall–Kier alpha value is 1.23. The molecule has 6 heteroatoms. The average Bonchev–Trinajstić information content (AvgIpc) is 2.46. The van der Waals surface area contributed by atoms with E-state index in [1.165, 1.54) is 5.01 Å². The number of nitrogens with zero attached hydrogens (tertiary/aromatic N) is 2. The molecule has 0 bridgehead atoms. The number of halogens is 3. The topological polar surface area (TPSA) is 25.8 Å². The molecule has 0 saturated carbocycles. The summed E-state index contributed by atoms with van der Waals surface area (Å²) in [5, 5.41) is 1.17. The van der Waals surface area contributed by atoms with Crippen molar-refractivity contribution in [3.05, 3.63) is 20.8 Å². The van der Waals surface area contributed by atoms with Crippen LogP contribution < -0.4 is 0 Å². The highest BCUT2D eigenvalue weighted by molar-refractivity contribution is 14.1. The highest BCUT2D eigenvalue weighted by Crippen LogP contribution is 2.25. The van der Waals surface area contributed by atoms with Crippen LogP contribution in [0.5, 0.6) is 0 Å². The molecule has 0 aliphatic heterocycles. The Morgan fingerprint density at radius 1 is 1.20 bits per heavy atom. The van der Waals surface area contributed by atoms with E-state index in [9.17, 15) is 0 Å². The second-order valence-electron chi connectivity index (χ2n) is 3.17. The monoisotopic (exact) mass is 560 g/mol. The second kappa shape index (κ2) is 6.84. The van der Waals surface area contributed by atoms with Crippen molar-refractivity contribution in [1.29, 1.82) is 0 Å². The summed E-state index contributed by atoms with van der Waals surface area (Å²) in [7, 11) is 0. The van der Waals surface area contributed by atoms with Crippen molar-refractivity contribution in [1.82, 2.24) is 9.97 Å². The average molecular weight is 560 g/mol. The molecule has 0 aliphatic rings. The number of rotatable bonds is 1. The molecule has 2 aromatic heterocycles. The molecule has 0 radical (unpaired) electrons. The molecular formula is C9H11I3N2S. The second-order valence-corrected chi connectivity index (χ2v) is 5.28. The molecule has 0 saturated heterocycles. The maximum absolute atomic E-state index is 4.51. The van der Waals surface area contributed by atoms with Crippen LogP contribution in [-0.4, -0.2) is 9.97 Å². The van der Waals surface area contributed by atoms with E-state index < -0.39 is 0 Å². The first kappa shape index (κ1) is 16.2. The minimum Gasteiger partial charge on any atom is -0.239 e. The van der Waals surface area contributed by atoms with Crippen LogP contribution in [-0.2, 0) is 0 Å². The minimum atomic E-state index is 0. The van der Waals surface area contributed by atoms with Crippen molar-refractivity contribution in [2.24, 2.45) is 0 Å². The van der Waals surface area contributed by atoms with Gasteiger partial charge in [0.2, 0.25) is 0 Å². The smallest absolute Gasteiger partial charge is 0.144 e. The van der Waals surface area contributed by atoms with Gasteiger partial charge in [0.05, 0.1) is 5.01 Å². The van der Waals surface area contributed by atoms with E-state index in [4.69, 9.17) is 0 Å². The molecule has 0 amide bonds. The molecule has 2 heterocycles. The Balaban J connectivity index is 0.000000980. The van der Waals surface area contributed by atoms with E-state index in [-0.39, 0.29) is 48.0 Å². The first-order valence-electron chi connectivity index (χ1n) is 4.10. The lowest BCUT2D eigenvalue weighted by molar-refractivity contribution is 0.857. The highest BCUT2D eigenvalue weighted by Gasteiger charge is 2.07. The molecule has 0 N–H and O–H groups in total. The molecule has 2 rings (SSSR count). The molecule has 0 aromatic carbocycles. The van der Waals surface area contributed by atoms with Gasteiger partial charge in [-0.15, -0.1) is 48.0 Å². The van der Waals surface area contributed by atoms with Gasteiger partial charge in [-0.1, -0.05) is 25.2 Å². The largest absolute Gasteiger partial charge is 0.239 e. The van der Waals surface area contributed by atoms with Crippen molar-refractivity contribution < 1.29 is 0 Å². The van der Waals surface area contributed by atoms with Crippen LogP contribution in [0.4, 0.5) is 0 Å². The van der Waals surface area contributed by atoms with Gasteiger partial charge in [-0.3, -0.25) is 0 Å². The van der Waals surface area contributed by atoms with Crippen LogP contribution in [0.3, 0.4) is 0 Å². The van der Waals surface area contributed by atoms with E-state index >= 15 is 0 Å². The van der Waals surface area contributed by atoms with E-state index in [0.717, 1.165) is 14.0 Å². The molecule has 84 valence electrons. The predicted molar refractivity (Wildman–Crippen MR) is 95.1 cm³/mol. The molecule has 0 unspecified atom stereocenters. The summed E-state index contributed by atoms with van der Waals surface area (Å²) in [6, 6.07) is 4.03. The molecule has 15 heavy (non-hydrogen) atoms. The third-order valence-electron chi connectivity index (χ3n) is 1.73. The van der Waals surface area contributed by atoms with E-state index in [1.807, 2.05) is 12.1 Å². The van der Waals surface area contributed by atoms with Gasteiger partial charge < -0.3 is 0 Å². The van der Waals surface area contributed by atoms with Gasteiger partial charge >= 0.3 is 0 Å². The van der Waals surface area contributed by atoms with Crippen LogP contribution in [0.25, 0.3) is 10.3 Å². The number of hydrogen-bond donors (Lipinski definition) is 0. The third-order valence-corrected chi connectivity index (χ3v) is 3.60. The molecule has 0 spiro atoms. The Bertz CT molecular complexity index is 442. The van der Waals surface area contributed by atoms with Gasteiger partial charge in [-0.05, 0) is 34.7 Å². The predicted octanol–water partition coefficient (Wildman–Crippen LogP) is 4.66. The first-order chi connectivity index (χ1) is 6.16. The summed E-state index contributed by atoms with van der Waals surface area (Å²) in [4.78, 5) is 9.98. The van der Waals surface area contributed by atoms with Crippen molar-refractivity contribution >= 4 is 92.2 Å². The van der Waals surface area contributed by atoms with E-state index in [1.54, 1.807) is 11.3 Å². The molecule has 2 aromatic rings. The third kappa shape index (κ3) is 3.87. The fourth-order valence-electron chi connectivity index (χ4n) is 1.06. The Kier molecular flexibility index (Phi) is 7.40. The normalized spacial score (nSPS) is 9.87. The summed E-state index contributed by atoms with van der Waals surface area (Å²) < 4.78 is 1.03. The van der Waals surface area contributed by atoms with Crippen molar-refractivity contribution in [2.45, 2.75) is 19.8 Å². The van der Waals surface area contributed by atoms with E-state index in [0.29, 0.717) is 5.92 Å². The fourth-order valence-corrected chi connectivity index (χ4v) is 2.58. The zero-order valence-electron chi connectivity index (χ0n) is 8.23. The molecular weight excluding hydrogens is 549 g/mol. The van der Waals surface area contributed by atoms with Gasteiger partial charge in [0, 0.05) is 5.92 Å². The van der Waals surface area contributed by atoms with Crippen LogP contribution in [0.1, 0.15) is 24.8 Å². The summed E-state index contributed by atoms with van der Waals surface area (Å²) in [6.45, 7) is 4.31. The lowest BCUT2D eigenvalue weighted by atomic mass is 10.2. The van der Waals surface area contributed by atoms with Gasteiger partial charge in [-0.25, -0.2) is 9.97 Å². The molecule has 0 fully saturated rings. The molecule has 0 atom stereocenters. The Morgan fingerprint density at radius 2 is 1.87 bits per heavy atom. The van der Waals surface area contributed by atoms with Crippen LogP contribution in [0, 0.1) is 3.70 Å².